The van der Waals surface area contributed by atoms with Gasteiger partial charge in [-0.1, -0.05) is 0 Å². The highest BCUT2D eigenvalue weighted by atomic mass is 16.5. The molecule has 2 aromatic heterocycles. The molecule has 0 aromatic carbocycles. The first-order valence-corrected chi connectivity index (χ1v) is 5.46. The molecule has 1 aliphatic heterocycles. The number of ether oxygens (including phenoxy) is 1. The van der Waals surface area contributed by atoms with E-state index in [9.17, 15) is 0 Å². The van der Waals surface area contributed by atoms with E-state index in [-0.39, 0.29) is 0 Å². The van der Waals surface area contributed by atoms with Crippen molar-refractivity contribution in [3.8, 4) is 0 Å². The van der Waals surface area contributed by atoms with Crippen LogP contribution in [-0.4, -0.2) is 36.3 Å². The van der Waals surface area contributed by atoms with Crippen LogP contribution in [0.1, 0.15) is 0 Å². The Morgan fingerprint density at radius 3 is 2.94 bits per heavy atom. The third kappa shape index (κ3) is 1.61. The van der Waals surface area contributed by atoms with Gasteiger partial charge in [-0.2, -0.15) is 0 Å². The molecule has 3 heterocycles. The van der Waals surface area contributed by atoms with E-state index in [1.807, 2.05) is 30.7 Å². The molecule has 1 fully saturated rings. The topological polar surface area (TPSA) is 38.2 Å². The van der Waals surface area contributed by atoms with Crippen LogP contribution in [0.25, 0.3) is 10.9 Å². The van der Waals surface area contributed by atoms with Gasteiger partial charge in [0, 0.05) is 30.9 Å². The monoisotopic (exact) mass is 215 g/mol. The maximum atomic E-state index is 5.35. The van der Waals surface area contributed by atoms with Crippen LogP contribution >= 0.6 is 0 Å². The maximum absolute atomic E-state index is 5.35. The summed E-state index contributed by atoms with van der Waals surface area (Å²) < 4.78 is 5.35. The van der Waals surface area contributed by atoms with E-state index in [2.05, 4.69) is 14.9 Å². The molecule has 0 spiro atoms. The number of hydrogen-bond donors (Lipinski definition) is 0. The van der Waals surface area contributed by atoms with Crippen LogP contribution in [0.15, 0.2) is 30.7 Å². The number of pyridine rings is 2. The fraction of sp³-hybridized carbons (Fsp3) is 0.333. The number of hydrogen-bond acceptors (Lipinski definition) is 4. The first-order chi connectivity index (χ1) is 7.95. The Bertz CT molecular complexity index is 489. The van der Waals surface area contributed by atoms with Crippen molar-refractivity contribution in [2.45, 2.75) is 0 Å². The van der Waals surface area contributed by atoms with Crippen molar-refractivity contribution < 1.29 is 4.74 Å². The Morgan fingerprint density at radius 2 is 2.06 bits per heavy atom. The van der Waals surface area contributed by atoms with Crippen molar-refractivity contribution in [1.82, 2.24) is 9.97 Å². The molecule has 4 heteroatoms. The first-order valence-electron chi connectivity index (χ1n) is 5.46. The number of nitrogens with zero attached hydrogens (tertiary/aromatic N) is 3. The lowest BCUT2D eigenvalue weighted by Gasteiger charge is -2.28. The van der Waals surface area contributed by atoms with Crippen LogP contribution in [0, 0.1) is 0 Å². The molecule has 0 amide bonds. The number of morpholine rings is 1. The minimum atomic E-state index is 0.781. The molecule has 0 unspecified atom stereocenters. The number of rotatable bonds is 1. The summed E-state index contributed by atoms with van der Waals surface area (Å²) in [6, 6.07) is 3.98. The second-order valence-corrected chi connectivity index (χ2v) is 3.83. The average Bonchev–Trinajstić information content (AvgIpc) is 2.39. The zero-order chi connectivity index (χ0) is 10.8. The van der Waals surface area contributed by atoms with Gasteiger partial charge in [-0.25, -0.2) is 0 Å². The van der Waals surface area contributed by atoms with Gasteiger partial charge in [-0.3, -0.25) is 9.97 Å². The van der Waals surface area contributed by atoms with Crippen molar-refractivity contribution in [3.63, 3.8) is 0 Å². The van der Waals surface area contributed by atoms with Gasteiger partial charge >= 0.3 is 0 Å². The summed E-state index contributed by atoms with van der Waals surface area (Å²) in [4.78, 5) is 11.0. The van der Waals surface area contributed by atoms with Gasteiger partial charge in [0.15, 0.2) is 0 Å². The molecule has 2 aromatic rings. The fourth-order valence-electron chi connectivity index (χ4n) is 2.02. The minimum absolute atomic E-state index is 0.781. The Labute approximate surface area is 93.9 Å². The molecule has 16 heavy (non-hydrogen) atoms. The van der Waals surface area contributed by atoms with E-state index in [1.165, 1.54) is 0 Å². The Morgan fingerprint density at radius 1 is 1.19 bits per heavy atom. The van der Waals surface area contributed by atoms with Crippen LogP contribution in [-0.2, 0) is 4.74 Å². The van der Waals surface area contributed by atoms with Crippen molar-refractivity contribution >= 4 is 16.6 Å². The summed E-state index contributed by atoms with van der Waals surface area (Å²) in [5.74, 6) is 0. The fourth-order valence-corrected chi connectivity index (χ4v) is 2.02. The lowest BCUT2D eigenvalue weighted by molar-refractivity contribution is 0.123. The molecular weight excluding hydrogens is 202 g/mol. The Kier molecular flexibility index (Phi) is 2.42. The summed E-state index contributed by atoms with van der Waals surface area (Å²) in [5.41, 5.74) is 2.14. The second-order valence-electron chi connectivity index (χ2n) is 3.83. The van der Waals surface area contributed by atoms with Crippen molar-refractivity contribution in [2.75, 3.05) is 31.2 Å². The van der Waals surface area contributed by atoms with Gasteiger partial charge in [0.25, 0.3) is 0 Å². The Balaban J connectivity index is 2.08. The molecule has 0 radical (unpaired) electrons. The largest absolute Gasteiger partial charge is 0.378 e. The third-order valence-electron chi connectivity index (χ3n) is 2.84. The summed E-state index contributed by atoms with van der Waals surface area (Å²) >= 11 is 0. The normalized spacial score (nSPS) is 16.6. The quantitative estimate of drug-likeness (QED) is 0.722. The highest BCUT2D eigenvalue weighted by Gasteiger charge is 2.14. The third-order valence-corrected chi connectivity index (χ3v) is 2.84. The molecule has 3 rings (SSSR count). The standard InChI is InChI=1S/C12H13N3O/c1-2-10-8-13-9-11(12(10)14-3-1)15-4-6-16-7-5-15/h1-3,8-9H,4-7H2. The molecular formula is C12H13N3O. The molecule has 0 bridgehead atoms. The summed E-state index contributed by atoms with van der Waals surface area (Å²) in [6.45, 7) is 3.39. The van der Waals surface area contributed by atoms with Gasteiger partial charge in [-0.15, -0.1) is 0 Å². The molecule has 1 saturated heterocycles. The van der Waals surface area contributed by atoms with Crippen molar-refractivity contribution in [1.29, 1.82) is 0 Å². The second kappa shape index (κ2) is 4.06. The zero-order valence-corrected chi connectivity index (χ0v) is 8.97. The zero-order valence-electron chi connectivity index (χ0n) is 8.97. The predicted molar refractivity (Wildman–Crippen MR) is 62.6 cm³/mol. The van der Waals surface area contributed by atoms with Gasteiger partial charge in [0.05, 0.1) is 30.6 Å². The molecule has 82 valence electrons. The number of anilines is 1. The van der Waals surface area contributed by atoms with E-state index in [0.717, 1.165) is 42.9 Å². The van der Waals surface area contributed by atoms with Crippen LogP contribution in [0.4, 0.5) is 5.69 Å². The predicted octanol–water partition coefficient (Wildman–Crippen LogP) is 1.47. The van der Waals surface area contributed by atoms with Crippen molar-refractivity contribution in [3.05, 3.63) is 30.7 Å². The van der Waals surface area contributed by atoms with Gasteiger partial charge in [-0.05, 0) is 12.1 Å². The highest BCUT2D eigenvalue weighted by Crippen LogP contribution is 2.23. The summed E-state index contributed by atoms with van der Waals surface area (Å²) in [5, 5.41) is 1.09. The van der Waals surface area contributed by atoms with E-state index in [4.69, 9.17) is 4.74 Å². The van der Waals surface area contributed by atoms with E-state index in [1.54, 1.807) is 0 Å². The van der Waals surface area contributed by atoms with Gasteiger partial charge < -0.3 is 9.64 Å². The number of aromatic nitrogens is 2. The van der Waals surface area contributed by atoms with Crippen LogP contribution in [0.2, 0.25) is 0 Å². The first kappa shape index (κ1) is 9.54. The lowest BCUT2D eigenvalue weighted by Crippen LogP contribution is -2.36. The van der Waals surface area contributed by atoms with Crippen LogP contribution < -0.4 is 4.90 Å². The molecule has 4 nitrogen and oxygen atoms in total. The SMILES string of the molecule is c1cnc2c(N3CCOCC3)cncc2c1. The minimum Gasteiger partial charge on any atom is -0.378 e. The average molecular weight is 215 g/mol. The van der Waals surface area contributed by atoms with Crippen LogP contribution in [0.3, 0.4) is 0 Å². The van der Waals surface area contributed by atoms with E-state index in [0.29, 0.717) is 0 Å². The van der Waals surface area contributed by atoms with E-state index >= 15 is 0 Å². The van der Waals surface area contributed by atoms with Crippen molar-refractivity contribution in [2.24, 2.45) is 0 Å². The molecule has 0 aliphatic carbocycles. The number of fused-ring (bicyclic) bond motifs is 1. The summed E-state index contributed by atoms with van der Waals surface area (Å²) in [6.07, 6.45) is 5.57. The lowest BCUT2D eigenvalue weighted by atomic mass is 10.2. The summed E-state index contributed by atoms with van der Waals surface area (Å²) in [7, 11) is 0. The molecule has 0 N–H and O–H groups in total. The highest BCUT2D eigenvalue weighted by molar-refractivity contribution is 5.89. The maximum Gasteiger partial charge on any atom is 0.0966 e. The molecule has 1 aliphatic rings. The Hall–Kier alpha value is -1.68. The smallest absolute Gasteiger partial charge is 0.0966 e. The van der Waals surface area contributed by atoms with Gasteiger partial charge in [0.2, 0.25) is 0 Å². The van der Waals surface area contributed by atoms with Gasteiger partial charge in [0.1, 0.15) is 0 Å². The molecule has 0 saturated carbocycles. The van der Waals surface area contributed by atoms with Crippen LogP contribution in [0.5, 0.6) is 0 Å². The molecule has 0 atom stereocenters. The van der Waals surface area contributed by atoms with E-state index < -0.39 is 0 Å².